The van der Waals surface area contributed by atoms with Crippen LogP contribution in [0.4, 0.5) is 0 Å². The lowest BCUT2D eigenvalue weighted by molar-refractivity contribution is -0.122. The van der Waals surface area contributed by atoms with Crippen LogP contribution in [0.5, 0.6) is 5.75 Å². The van der Waals surface area contributed by atoms with E-state index in [1.165, 1.54) is 5.56 Å². The maximum atomic E-state index is 11.2. The van der Waals surface area contributed by atoms with Gasteiger partial charge in [0.05, 0.1) is 13.7 Å². The van der Waals surface area contributed by atoms with E-state index < -0.39 is 0 Å². The number of benzene rings is 1. The van der Waals surface area contributed by atoms with Gasteiger partial charge in [-0.25, -0.2) is 0 Å². The third-order valence-corrected chi connectivity index (χ3v) is 2.96. The Morgan fingerprint density at radius 2 is 2.35 bits per heavy atom. The van der Waals surface area contributed by atoms with E-state index in [1.54, 1.807) is 7.11 Å². The molecule has 17 heavy (non-hydrogen) atoms. The predicted molar refractivity (Wildman–Crippen MR) is 66.1 cm³/mol. The third kappa shape index (κ3) is 3.46. The Balaban J connectivity index is 1.86. The first-order valence-corrected chi connectivity index (χ1v) is 5.91. The van der Waals surface area contributed by atoms with Crippen LogP contribution >= 0.6 is 0 Å². The molecule has 0 bridgehead atoms. The van der Waals surface area contributed by atoms with Crippen LogP contribution in [-0.4, -0.2) is 32.1 Å². The summed E-state index contributed by atoms with van der Waals surface area (Å²) >= 11 is 0. The van der Waals surface area contributed by atoms with E-state index in [9.17, 15) is 4.79 Å². The standard InChI is InChI=1S/C13H18N2O2/c1-17-12-4-2-3-10(7-12)5-6-11-8-14-9-13(16)15-11/h2-4,7,11,14H,5-6,8-9H2,1H3,(H,15,16). The van der Waals surface area contributed by atoms with Crippen LogP contribution in [0.2, 0.25) is 0 Å². The summed E-state index contributed by atoms with van der Waals surface area (Å²) in [6, 6.07) is 8.29. The minimum atomic E-state index is 0.0897. The average Bonchev–Trinajstić information content (AvgIpc) is 2.37. The van der Waals surface area contributed by atoms with Gasteiger partial charge in [-0.3, -0.25) is 4.79 Å². The summed E-state index contributed by atoms with van der Waals surface area (Å²) in [6.07, 6.45) is 1.90. The van der Waals surface area contributed by atoms with Gasteiger partial charge in [0, 0.05) is 12.6 Å². The fourth-order valence-corrected chi connectivity index (χ4v) is 2.03. The molecule has 0 aliphatic carbocycles. The van der Waals surface area contributed by atoms with E-state index in [1.807, 2.05) is 18.2 Å². The van der Waals surface area contributed by atoms with Gasteiger partial charge < -0.3 is 15.4 Å². The zero-order valence-electron chi connectivity index (χ0n) is 10.0. The molecule has 1 heterocycles. The zero-order valence-corrected chi connectivity index (χ0v) is 10.0. The van der Waals surface area contributed by atoms with Gasteiger partial charge in [-0.15, -0.1) is 0 Å². The first-order valence-electron chi connectivity index (χ1n) is 5.91. The molecule has 1 aromatic carbocycles. The lowest BCUT2D eigenvalue weighted by Gasteiger charge is -2.24. The number of rotatable bonds is 4. The van der Waals surface area contributed by atoms with E-state index in [0.717, 1.165) is 25.1 Å². The largest absolute Gasteiger partial charge is 0.497 e. The van der Waals surface area contributed by atoms with Crippen LogP contribution in [0.1, 0.15) is 12.0 Å². The van der Waals surface area contributed by atoms with E-state index in [4.69, 9.17) is 4.74 Å². The second kappa shape index (κ2) is 5.68. The van der Waals surface area contributed by atoms with Crippen LogP contribution < -0.4 is 15.4 Å². The molecule has 0 spiro atoms. The van der Waals surface area contributed by atoms with Gasteiger partial charge in [0.25, 0.3) is 0 Å². The molecule has 2 N–H and O–H groups in total. The maximum absolute atomic E-state index is 11.2. The SMILES string of the molecule is COc1cccc(CCC2CNCC(=O)N2)c1. The van der Waals surface area contributed by atoms with Gasteiger partial charge in [0.1, 0.15) is 5.75 Å². The highest BCUT2D eigenvalue weighted by atomic mass is 16.5. The topological polar surface area (TPSA) is 50.4 Å². The smallest absolute Gasteiger partial charge is 0.234 e. The van der Waals surface area contributed by atoms with Gasteiger partial charge in [0.15, 0.2) is 0 Å². The number of methoxy groups -OCH3 is 1. The number of carbonyl (C=O) groups excluding carboxylic acids is 1. The average molecular weight is 234 g/mol. The summed E-state index contributed by atoms with van der Waals surface area (Å²) in [7, 11) is 1.67. The van der Waals surface area contributed by atoms with Crippen LogP contribution in [0, 0.1) is 0 Å². The number of aryl methyl sites for hydroxylation is 1. The molecule has 1 aliphatic rings. The Bertz CT molecular complexity index is 393. The van der Waals surface area contributed by atoms with Gasteiger partial charge >= 0.3 is 0 Å². The van der Waals surface area contributed by atoms with Crippen LogP contribution in [0.25, 0.3) is 0 Å². The first-order chi connectivity index (χ1) is 8.28. The molecule has 0 saturated carbocycles. The van der Waals surface area contributed by atoms with Gasteiger partial charge in [-0.1, -0.05) is 12.1 Å². The molecule has 1 amide bonds. The quantitative estimate of drug-likeness (QED) is 0.807. The van der Waals surface area contributed by atoms with Crippen molar-refractivity contribution < 1.29 is 9.53 Å². The molecule has 1 aromatic rings. The summed E-state index contributed by atoms with van der Waals surface area (Å²) in [6.45, 7) is 1.30. The molecule has 1 aliphatic heterocycles. The Kier molecular flexibility index (Phi) is 3.98. The molecule has 1 fully saturated rings. The molecule has 4 heteroatoms. The number of hydrogen-bond donors (Lipinski definition) is 2. The molecule has 92 valence electrons. The van der Waals surface area contributed by atoms with Crippen LogP contribution in [-0.2, 0) is 11.2 Å². The van der Waals surface area contributed by atoms with Crippen LogP contribution in [0.3, 0.4) is 0 Å². The summed E-state index contributed by atoms with van der Waals surface area (Å²) in [4.78, 5) is 11.2. The van der Waals surface area contributed by atoms with Crippen molar-refractivity contribution in [1.82, 2.24) is 10.6 Å². The van der Waals surface area contributed by atoms with Crippen LogP contribution in [0.15, 0.2) is 24.3 Å². The zero-order chi connectivity index (χ0) is 12.1. The highest BCUT2D eigenvalue weighted by molar-refractivity contribution is 5.79. The fourth-order valence-electron chi connectivity index (χ4n) is 2.03. The number of ether oxygens (including phenoxy) is 1. The normalized spacial score (nSPS) is 19.8. The van der Waals surface area contributed by atoms with Gasteiger partial charge in [-0.05, 0) is 30.5 Å². The summed E-state index contributed by atoms with van der Waals surface area (Å²) in [5, 5.41) is 6.09. The minimum absolute atomic E-state index is 0.0897. The Labute approximate surface area is 101 Å². The summed E-state index contributed by atoms with van der Waals surface area (Å²) in [5.41, 5.74) is 1.24. The third-order valence-electron chi connectivity index (χ3n) is 2.96. The van der Waals surface area contributed by atoms with Crippen molar-refractivity contribution in [3.8, 4) is 5.75 Å². The second-order valence-electron chi connectivity index (χ2n) is 4.29. The fraction of sp³-hybridized carbons (Fsp3) is 0.462. The molecule has 4 nitrogen and oxygen atoms in total. The van der Waals surface area contributed by atoms with Crippen molar-refractivity contribution in [2.45, 2.75) is 18.9 Å². The lowest BCUT2D eigenvalue weighted by Crippen LogP contribution is -2.52. The second-order valence-corrected chi connectivity index (χ2v) is 4.29. The Morgan fingerprint density at radius 3 is 3.12 bits per heavy atom. The first kappa shape index (κ1) is 11.9. The summed E-state index contributed by atoms with van der Waals surface area (Å²) < 4.78 is 5.18. The van der Waals surface area contributed by atoms with E-state index in [0.29, 0.717) is 6.54 Å². The molecular weight excluding hydrogens is 216 g/mol. The number of carbonyl (C=O) groups is 1. The summed E-state index contributed by atoms with van der Waals surface area (Å²) in [5.74, 6) is 0.972. The van der Waals surface area contributed by atoms with Gasteiger partial charge in [0.2, 0.25) is 5.91 Å². The molecule has 0 radical (unpaired) electrons. The van der Waals surface area contributed by atoms with Gasteiger partial charge in [-0.2, -0.15) is 0 Å². The highest BCUT2D eigenvalue weighted by Crippen LogP contribution is 2.14. The molecular formula is C13H18N2O2. The maximum Gasteiger partial charge on any atom is 0.234 e. The Morgan fingerprint density at radius 1 is 1.47 bits per heavy atom. The number of hydrogen-bond acceptors (Lipinski definition) is 3. The number of amides is 1. The van der Waals surface area contributed by atoms with Crippen molar-refractivity contribution in [1.29, 1.82) is 0 Å². The molecule has 1 atom stereocenters. The van der Waals surface area contributed by atoms with E-state index in [-0.39, 0.29) is 11.9 Å². The van der Waals surface area contributed by atoms with Crippen molar-refractivity contribution in [3.05, 3.63) is 29.8 Å². The van der Waals surface area contributed by atoms with E-state index in [2.05, 4.69) is 16.7 Å². The van der Waals surface area contributed by atoms with Crippen molar-refractivity contribution in [2.24, 2.45) is 0 Å². The molecule has 2 rings (SSSR count). The van der Waals surface area contributed by atoms with Crippen molar-refractivity contribution in [3.63, 3.8) is 0 Å². The van der Waals surface area contributed by atoms with Crippen molar-refractivity contribution in [2.75, 3.05) is 20.2 Å². The monoisotopic (exact) mass is 234 g/mol. The number of nitrogens with one attached hydrogen (secondary N) is 2. The van der Waals surface area contributed by atoms with Crippen molar-refractivity contribution >= 4 is 5.91 Å². The molecule has 1 saturated heterocycles. The van der Waals surface area contributed by atoms with E-state index >= 15 is 0 Å². The number of piperazine rings is 1. The minimum Gasteiger partial charge on any atom is -0.497 e. The highest BCUT2D eigenvalue weighted by Gasteiger charge is 2.16. The molecule has 1 unspecified atom stereocenters. The Hall–Kier alpha value is -1.55. The lowest BCUT2D eigenvalue weighted by atomic mass is 10.0. The predicted octanol–water partition coefficient (Wildman–Crippen LogP) is 0.716. The molecule has 0 aromatic heterocycles.